The zero-order valence-electron chi connectivity index (χ0n) is 9.84. The minimum atomic E-state index is -0.521. The van der Waals surface area contributed by atoms with Crippen molar-refractivity contribution < 1.29 is 4.79 Å². The highest BCUT2D eigenvalue weighted by Gasteiger charge is 2.15. The van der Waals surface area contributed by atoms with Gasteiger partial charge >= 0.3 is 0 Å². The first kappa shape index (κ1) is 14.3. The average Bonchev–Trinajstić information content (AvgIpc) is 2.14. The van der Waals surface area contributed by atoms with Crippen molar-refractivity contribution in [3.63, 3.8) is 0 Å². The molecule has 1 amide bonds. The minimum absolute atomic E-state index is 0.225. The predicted octanol–water partition coefficient (Wildman–Crippen LogP) is 3.31. The van der Waals surface area contributed by atoms with Crippen molar-refractivity contribution in [2.24, 2.45) is 11.7 Å². The monoisotopic (exact) mass is 274 g/mol. The third-order valence-corrected chi connectivity index (χ3v) is 2.63. The van der Waals surface area contributed by atoms with Gasteiger partial charge in [0.1, 0.15) is 0 Å². The topological polar surface area (TPSA) is 55.1 Å². The lowest BCUT2D eigenvalue weighted by atomic mass is 10.0. The second-order valence-corrected chi connectivity index (χ2v) is 5.26. The molecule has 1 rings (SSSR count). The number of carbonyl (C=O) groups excluding carboxylic acids is 1. The normalized spacial score (nSPS) is 12.6. The van der Waals surface area contributed by atoms with Gasteiger partial charge in [0.25, 0.3) is 0 Å². The molecule has 0 aliphatic carbocycles. The fraction of sp³-hybridized carbons (Fsp3) is 0.417. The van der Waals surface area contributed by atoms with E-state index in [-0.39, 0.29) is 5.91 Å². The number of amides is 1. The second kappa shape index (κ2) is 6.24. The molecule has 1 aromatic rings. The Bertz CT molecular complexity index is 387. The van der Waals surface area contributed by atoms with Gasteiger partial charge in [0.2, 0.25) is 5.91 Å². The molecular formula is C12H16Cl2N2O. The van der Waals surface area contributed by atoms with E-state index in [1.54, 1.807) is 18.2 Å². The Morgan fingerprint density at radius 3 is 2.29 bits per heavy atom. The standard InChI is InChI=1S/C12H16Cl2N2O/c1-7(2)3-11(15)12(17)16-10-5-8(13)4-9(14)6-10/h4-7,11H,3,15H2,1-2H3,(H,16,17)/t11-/m1/s1. The van der Waals surface area contributed by atoms with E-state index in [1.165, 1.54) is 0 Å². The third kappa shape index (κ3) is 4.94. The maximum Gasteiger partial charge on any atom is 0.241 e. The third-order valence-electron chi connectivity index (χ3n) is 2.19. The number of halogens is 2. The number of hydrogen-bond donors (Lipinski definition) is 2. The summed E-state index contributed by atoms with van der Waals surface area (Å²) in [6.07, 6.45) is 0.639. The Morgan fingerprint density at radius 1 is 1.29 bits per heavy atom. The molecule has 5 heteroatoms. The van der Waals surface area contributed by atoms with Crippen molar-refractivity contribution in [1.29, 1.82) is 0 Å². The fourth-order valence-corrected chi connectivity index (χ4v) is 2.00. The number of anilines is 1. The number of hydrogen-bond acceptors (Lipinski definition) is 2. The predicted molar refractivity (Wildman–Crippen MR) is 72.5 cm³/mol. The number of benzene rings is 1. The van der Waals surface area contributed by atoms with Gasteiger partial charge < -0.3 is 11.1 Å². The molecule has 0 saturated heterocycles. The Kier molecular flexibility index (Phi) is 5.25. The lowest BCUT2D eigenvalue weighted by molar-refractivity contribution is -0.117. The van der Waals surface area contributed by atoms with Crippen LogP contribution in [-0.2, 0) is 4.79 Å². The average molecular weight is 275 g/mol. The molecule has 0 aliphatic rings. The zero-order valence-corrected chi connectivity index (χ0v) is 11.3. The van der Waals surface area contributed by atoms with Gasteiger partial charge in [-0.15, -0.1) is 0 Å². The molecule has 17 heavy (non-hydrogen) atoms. The molecule has 1 atom stereocenters. The Balaban J connectivity index is 2.67. The van der Waals surface area contributed by atoms with Gasteiger partial charge in [-0.2, -0.15) is 0 Å². The van der Waals surface area contributed by atoms with Crippen molar-refractivity contribution in [1.82, 2.24) is 0 Å². The molecule has 94 valence electrons. The molecule has 0 saturated carbocycles. The van der Waals surface area contributed by atoms with E-state index in [0.717, 1.165) is 0 Å². The van der Waals surface area contributed by atoms with E-state index in [1.807, 2.05) is 13.8 Å². The summed E-state index contributed by atoms with van der Waals surface area (Å²) in [5.74, 6) is 0.149. The Hall–Kier alpha value is -0.770. The maximum absolute atomic E-state index is 11.7. The fourth-order valence-electron chi connectivity index (χ4n) is 1.48. The summed E-state index contributed by atoms with van der Waals surface area (Å²) in [5.41, 5.74) is 6.33. The highest BCUT2D eigenvalue weighted by atomic mass is 35.5. The van der Waals surface area contributed by atoms with Crippen molar-refractivity contribution in [2.45, 2.75) is 26.3 Å². The Morgan fingerprint density at radius 2 is 1.82 bits per heavy atom. The largest absolute Gasteiger partial charge is 0.325 e. The lowest BCUT2D eigenvalue weighted by Crippen LogP contribution is -2.36. The maximum atomic E-state index is 11.7. The number of carbonyl (C=O) groups is 1. The molecule has 0 radical (unpaired) electrons. The van der Waals surface area contributed by atoms with E-state index in [2.05, 4.69) is 5.32 Å². The number of nitrogens with one attached hydrogen (secondary N) is 1. The van der Waals surface area contributed by atoms with Gasteiger partial charge in [0.05, 0.1) is 6.04 Å². The molecule has 0 fully saturated rings. The van der Waals surface area contributed by atoms with E-state index in [0.29, 0.717) is 28.1 Å². The van der Waals surface area contributed by atoms with Crippen molar-refractivity contribution in [3.8, 4) is 0 Å². The molecule has 3 N–H and O–H groups in total. The number of rotatable bonds is 4. The van der Waals surface area contributed by atoms with Crippen LogP contribution in [0.4, 0.5) is 5.69 Å². The second-order valence-electron chi connectivity index (χ2n) is 4.38. The van der Waals surface area contributed by atoms with E-state index < -0.39 is 6.04 Å². The van der Waals surface area contributed by atoms with Crippen molar-refractivity contribution in [3.05, 3.63) is 28.2 Å². The van der Waals surface area contributed by atoms with E-state index in [4.69, 9.17) is 28.9 Å². The van der Waals surface area contributed by atoms with Crippen LogP contribution in [0.25, 0.3) is 0 Å². The molecule has 0 heterocycles. The molecular weight excluding hydrogens is 259 g/mol. The molecule has 0 unspecified atom stereocenters. The first-order valence-electron chi connectivity index (χ1n) is 5.41. The van der Waals surface area contributed by atoms with Gasteiger partial charge in [-0.05, 0) is 30.5 Å². The van der Waals surface area contributed by atoms with Gasteiger partial charge in [0, 0.05) is 15.7 Å². The quantitative estimate of drug-likeness (QED) is 0.885. The van der Waals surface area contributed by atoms with Crippen LogP contribution in [0, 0.1) is 5.92 Å². The first-order valence-corrected chi connectivity index (χ1v) is 6.16. The van der Waals surface area contributed by atoms with E-state index >= 15 is 0 Å². The lowest BCUT2D eigenvalue weighted by Gasteiger charge is -2.14. The highest BCUT2D eigenvalue weighted by Crippen LogP contribution is 2.22. The molecule has 3 nitrogen and oxygen atoms in total. The van der Waals surface area contributed by atoms with Crippen molar-refractivity contribution in [2.75, 3.05) is 5.32 Å². The summed E-state index contributed by atoms with van der Waals surface area (Å²) in [5, 5.41) is 3.65. The minimum Gasteiger partial charge on any atom is -0.325 e. The van der Waals surface area contributed by atoms with Gasteiger partial charge in [-0.3, -0.25) is 4.79 Å². The van der Waals surface area contributed by atoms with Crippen LogP contribution < -0.4 is 11.1 Å². The smallest absolute Gasteiger partial charge is 0.241 e. The summed E-state index contributed by atoms with van der Waals surface area (Å²) in [7, 11) is 0. The van der Waals surface area contributed by atoms with Crippen LogP contribution >= 0.6 is 23.2 Å². The summed E-state index contributed by atoms with van der Waals surface area (Å²) < 4.78 is 0. The molecule has 0 bridgehead atoms. The summed E-state index contributed by atoms with van der Waals surface area (Å²) in [6.45, 7) is 4.03. The molecule has 1 aromatic carbocycles. The van der Waals surface area contributed by atoms with Gasteiger partial charge in [-0.25, -0.2) is 0 Å². The van der Waals surface area contributed by atoms with Crippen LogP contribution in [0.15, 0.2) is 18.2 Å². The highest BCUT2D eigenvalue weighted by molar-refractivity contribution is 6.35. The molecule has 0 spiro atoms. The van der Waals surface area contributed by atoms with Gasteiger partial charge in [-0.1, -0.05) is 37.0 Å². The van der Waals surface area contributed by atoms with Gasteiger partial charge in [0.15, 0.2) is 0 Å². The number of nitrogens with two attached hydrogens (primary N) is 1. The van der Waals surface area contributed by atoms with Crippen LogP contribution in [0.1, 0.15) is 20.3 Å². The summed E-state index contributed by atoms with van der Waals surface area (Å²) in [6, 6.07) is 4.35. The summed E-state index contributed by atoms with van der Waals surface area (Å²) in [4.78, 5) is 11.7. The van der Waals surface area contributed by atoms with Crippen LogP contribution in [-0.4, -0.2) is 11.9 Å². The first-order chi connectivity index (χ1) is 7.88. The molecule has 0 aliphatic heterocycles. The zero-order chi connectivity index (χ0) is 13.0. The SMILES string of the molecule is CC(C)C[C@@H](N)C(=O)Nc1cc(Cl)cc(Cl)c1. The van der Waals surface area contributed by atoms with Crippen molar-refractivity contribution >= 4 is 34.8 Å². The van der Waals surface area contributed by atoms with E-state index in [9.17, 15) is 4.79 Å². The summed E-state index contributed by atoms with van der Waals surface area (Å²) >= 11 is 11.7. The molecule has 0 aromatic heterocycles. The van der Waals surface area contributed by atoms with Crippen LogP contribution in [0.5, 0.6) is 0 Å². The Labute approximate surface area is 111 Å². The van der Waals surface area contributed by atoms with Crippen LogP contribution in [0.3, 0.4) is 0 Å². The van der Waals surface area contributed by atoms with Crippen LogP contribution in [0.2, 0.25) is 10.0 Å².